The van der Waals surface area contributed by atoms with E-state index in [1.54, 1.807) is 7.11 Å². The predicted octanol–water partition coefficient (Wildman–Crippen LogP) is 3.52. The molecule has 0 spiro atoms. The summed E-state index contributed by atoms with van der Waals surface area (Å²) in [5.41, 5.74) is 3.17. The minimum Gasteiger partial charge on any atom is -0.497 e. The van der Waals surface area contributed by atoms with Gasteiger partial charge in [-0.2, -0.15) is 0 Å². The van der Waals surface area contributed by atoms with Crippen molar-refractivity contribution in [1.82, 2.24) is 9.55 Å². The zero-order valence-electron chi connectivity index (χ0n) is 15.8. The van der Waals surface area contributed by atoms with E-state index in [9.17, 15) is 0 Å². The van der Waals surface area contributed by atoms with Crippen LogP contribution >= 0.6 is 11.6 Å². The van der Waals surface area contributed by atoms with Gasteiger partial charge in [-0.3, -0.25) is 0 Å². The second-order valence-electron chi connectivity index (χ2n) is 5.81. The molecule has 0 atom stereocenters. The smallest absolute Gasteiger partial charge is 0.414 e. The van der Waals surface area contributed by atoms with E-state index >= 15 is 0 Å². The van der Waals surface area contributed by atoms with E-state index in [4.69, 9.17) is 36.1 Å². The Bertz CT molecular complexity index is 974. The maximum absolute atomic E-state index is 9.10. The van der Waals surface area contributed by atoms with Crippen molar-refractivity contribution in [2.75, 3.05) is 12.4 Å². The van der Waals surface area contributed by atoms with E-state index in [0.29, 0.717) is 6.54 Å². The van der Waals surface area contributed by atoms with E-state index in [0.717, 1.165) is 33.5 Å². The summed E-state index contributed by atoms with van der Waals surface area (Å²) < 4.78 is 7.22. The lowest BCUT2D eigenvalue weighted by Gasteiger charge is -2.09. The quantitative estimate of drug-likeness (QED) is 0.544. The standard InChI is InChI=1S/C18H18ClN3O.C2H2O4/c1-22-17(13-7-9-15(23-2)10-8-13)12-21-18(22)20-11-14-5-3-4-6-16(14)19;3-1(4)2(5)6/h3-10,12H,11H2,1-2H3,(H,20,21);(H,3,4)(H,5,6). The average molecular weight is 418 g/mol. The van der Waals surface area contributed by atoms with Gasteiger partial charge >= 0.3 is 11.9 Å². The summed E-state index contributed by atoms with van der Waals surface area (Å²) in [5.74, 6) is -2.01. The Kier molecular flexibility index (Phi) is 7.62. The number of rotatable bonds is 5. The maximum atomic E-state index is 9.10. The topological polar surface area (TPSA) is 114 Å². The van der Waals surface area contributed by atoms with Gasteiger partial charge < -0.3 is 24.8 Å². The van der Waals surface area contributed by atoms with Crippen molar-refractivity contribution in [2.45, 2.75) is 6.54 Å². The van der Waals surface area contributed by atoms with Crippen LogP contribution in [-0.4, -0.2) is 38.8 Å². The molecule has 0 unspecified atom stereocenters. The van der Waals surface area contributed by atoms with Crippen molar-refractivity contribution in [2.24, 2.45) is 7.05 Å². The van der Waals surface area contributed by atoms with Gasteiger partial charge in [0, 0.05) is 24.2 Å². The molecular weight excluding hydrogens is 398 g/mol. The highest BCUT2D eigenvalue weighted by atomic mass is 35.5. The number of carboxylic acids is 2. The summed E-state index contributed by atoms with van der Waals surface area (Å²) in [6, 6.07) is 15.7. The first-order valence-electron chi connectivity index (χ1n) is 8.43. The Morgan fingerprint density at radius 1 is 1.10 bits per heavy atom. The maximum Gasteiger partial charge on any atom is 0.414 e. The second kappa shape index (κ2) is 10.1. The Labute approximate surface area is 172 Å². The molecule has 3 aromatic rings. The molecule has 0 aliphatic heterocycles. The number of benzene rings is 2. The summed E-state index contributed by atoms with van der Waals surface area (Å²) in [7, 11) is 3.65. The summed E-state index contributed by atoms with van der Waals surface area (Å²) in [5, 5.41) is 18.9. The van der Waals surface area contributed by atoms with Crippen molar-refractivity contribution < 1.29 is 24.5 Å². The SMILES string of the molecule is COc1ccc(-c2cnc(NCc3ccccc3Cl)n2C)cc1.O=C(O)C(=O)O. The summed E-state index contributed by atoms with van der Waals surface area (Å²) in [6.07, 6.45) is 1.86. The van der Waals surface area contributed by atoms with Gasteiger partial charge in [0.15, 0.2) is 0 Å². The normalized spacial score (nSPS) is 9.90. The molecule has 2 aromatic carbocycles. The highest BCUT2D eigenvalue weighted by Crippen LogP contribution is 2.25. The van der Waals surface area contributed by atoms with Gasteiger partial charge in [-0.25, -0.2) is 14.6 Å². The van der Waals surface area contributed by atoms with Gasteiger partial charge in [0.1, 0.15) is 5.75 Å². The average Bonchev–Trinajstić information content (AvgIpc) is 3.08. The van der Waals surface area contributed by atoms with Gasteiger partial charge in [-0.1, -0.05) is 29.8 Å². The Hall–Kier alpha value is -3.52. The fourth-order valence-electron chi connectivity index (χ4n) is 2.42. The molecule has 0 amide bonds. The fourth-order valence-corrected chi connectivity index (χ4v) is 2.62. The lowest BCUT2D eigenvalue weighted by atomic mass is 10.1. The number of nitrogens with zero attached hydrogens (tertiary/aromatic N) is 2. The lowest BCUT2D eigenvalue weighted by Crippen LogP contribution is -2.09. The number of hydrogen-bond acceptors (Lipinski definition) is 5. The van der Waals surface area contributed by atoms with E-state index in [2.05, 4.69) is 10.3 Å². The van der Waals surface area contributed by atoms with Crippen molar-refractivity contribution in [3.63, 3.8) is 0 Å². The molecule has 0 aliphatic carbocycles. The van der Waals surface area contributed by atoms with Crippen molar-refractivity contribution in [3.8, 4) is 17.0 Å². The number of ether oxygens (including phenoxy) is 1. The molecule has 152 valence electrons. The van der Waals surface area contributed by atoms with Crippen LogP contribution in [0.1, 0.15) is 5.56 Å². The van der Waals surface area contributed by atoms with Crippen molar-refractivity contribution in [1.29, 1.82) is 0 Å². The molecule has 0 radical (unpaired) electrons. The predicted molar refractivity (Wildman–Crippen MR) is 109 cm³/mol. The first kappa shape index (κ1) is 21.8. The Morgan fingerprint density at radius 2 is 1.72 bits per heavy atom. The van der Waals surface area contributed by atoms with Crippen LogP contribution < -0.4 is 10.1 Å². The number of carbonyl (C=O) groups is 2. The third-order valence-electron chi connectivity index (χ3n) is 3.95. The molecule has 0 fully saturated rings. The van der Waals surface area contributed by atoms with Crippen LogP contribution in [0.25, 0.3) is 11.3 Å². The molecule has 1 heterocycles. The molecule has 3 N–H and O–H groups in total. The van der Waals surface area contributed by atoms with Crippen LogP contribution in [0.4, 0.5) is 5.95 Å². The summed E-state index contributed by atoms with van der Waals surface area (Å²) in [6.45, 7) is 0.632. The zero-order valence-corrected chi connectivity index (χ0v) is 16.6. The fraction of sp³-hybridized carbons (Fsp3) is 0.150. The monoisotopic (exact) mass is 417 g/mol. The largest absolute Gasteiger partial charge is 0.497 e. The van der Waals surface area contributed by atoms with Crippen molar-refractivity contribution >= 4 is 29.5 Å². The van der Waals surface area contributed by atoms with E-state index in [1.165, 1.54) is 0 Å². The van der Waals surface area contributed by atoms with Crippen LogP contribution in [0.3, 0.4) is 0 Å². The third kappa shape index (κ3) is 5.98. The number of hydrogen-bond donors (Lipinski definition) is 3. The van der Waals surface area contributed by atoms with Gasteiger partial charge in [0.05, 0.1) is 19.0 Å². The van der Waals surface area contributed by atoms with E-state index < -0.39 is 11.9 Å². The Balaban J connectivity index is 0.000000438. The molecule has 1 aromatic heterocycles. The molecule has 9 heteroatoms. The third-order valence-corrected chi connectivity index (χ3v) is 4.32. The number of methoxy groups -OCH3 is 1. The molecule has 8 nitrogen and oxygen atoms in total. The first-order chi connectivity index (χ1) is 13.8. The van der Waals surface area contributed by atoms with Crippen LogP contribution in [0.5, 0.6) is 5.75 Å². The molecule has 0 saturated carbocycles. The van der Waals surface area contributed by atoms with Crippen LogP contribution in [0, 0.1) is 0 Å². The van der Waals surface area contributed by atoms with Crippen LogP contribution in [-0.2, 0) is 23.2 Å². The number of imidazole rings is 1. The number of aromatic nitrogens is 2. The summed E-state index contributed by atoms with van der Waals surface area (Å²) >= 11 is 6.18. The Morgan fingerprint density at radius 3 is 2.28 bits per heavy atom. The highest BCUT2D eigenvalue weighted by Gasteiger charge is 2.09. The second-order valence-corrected chi connectivity index (χ2v) is 6.22. The minimum absolute atomic E-state index is 0.632. The van der Waals surface area contributed by atoms with Crippen LogP contribution in [0.2, 0.25) is 5.02 Å². The number of aliphatic carboxylic acids is 2. The number of nitrogens with one attached hydrogen (secondary N) is 1. The molecular formula is C20H20ClN3O5. The lowest BCUT2D eigenvalue weighted by molar-refractivity contribution is -0.159. The van der Waals surface area contributed by atoms with Crippen LogP contribution in [0.15, 0.2) is 54.7 Å². The van der Waals surface area contributed by atoms with E-state index in [-0.39, 0.29) is 0 Å². The summed E-state index contributed by atoms with van der Waals surface area (Å²) in [4.78, 5) is 22.7. The highest BCUT2D eigenvalue weighted by molar-refractivity contribution is 6.31. The number of anilines is 1. The molecule has 0 saturated heterocycles. The molecule has 0 aliphatic rings. The van der Waals surface area contributed by atoms with Gasteiger partial charge in [-0.05, 0) is 35.9 Å². The molecule has 0 bridgehead atoms. The molecule has 29 heavy (non-hydrogen) atoms. The van der Waals surface area contributed by atoms with Crippen molar-refractivity contribution in [3.05, 3.63) is 65.3 Å². The van der Waals surface area contributed by atoms with E-state index in [1.807, 2.05) is 66.3 Å². The molecule has 3 rings (SSSR count). The minimum atomic E-state index is -1.82. The van der Waals surface area contributed by atoms with Gasteiger partial charge in [0.25, 0.3) is 0 Å². The first-order valence-corrected chi connectivity index (χ1v) is 8.81. The zero-order chi connectivity index (χ0) is 21.4. The number of halogens is 1. The van der Waals surface area contributed by atoms with Gasteiger partial charge in [-0.15, -0.1) is 0 Å². The number of carboxylic acid groups (broad SMARTS) is 2. The van der Waals surface area contributed by atoms with Gasteiger partial charge in [0.2, 0.25) is 5.95 Å².